The van der Waals surface area contributed by atoms with E-state index >= 15 is 0 Å². The molecule has 2 aromatic carbocycles. The van der Waals surface area contributed by atoms with Crippen molar-refractivity contribution in [2.45, 2.75) is 24.3 Å². The number of aromatic nitrogens is 2. The number of rotatable bonds is 6. The van der Waals surface area contributed by atoms with Crippen LogP contribution in [0.4, 0.5) is 4.39 Å². The van der Waals surface area contributed by atoms with Gasteiger partial charge in [0, 0.05) is 37.7 Å². The van der Waals surface area contributed by atoms with Crippen LogP contribution in [0.25, 0.3) is 5.69 Å². The Morgan fingerprint density at radius 2 is 1.87 bits per heavy atom. The van der Waals surface area contributed by atoms with Crippen molar-refractivity contribution in [1.82, 2.24) is 19.2 Å². The number of amides is 1. The quantitative estimate of drug-likeness (QED) is 0.636. The Kier molecular flexibility index (Phi) is 6.15. The van der Waals surface area contributed by atoms with Crippen LogP contribution >= 0.6 is 0 Å². The standard InChI is InChI=1S/C22H23FN4O3S/c23-19-5-9-21(10-6-19)31(29,30)27-12-1-2-18(15-27)22(28)25-14-17-3-7-20(8-4-17)26-13-11-24-16-26/h3-11,13,16,18H,1-2,12,14-15H2,(H,25,28)/t18-/m1/s1. The molecule has 1 N–H and O–H groups in total. The van der Waals surface area contributed by atoms with Crippen LogP contribution in [0.1, 0.15) is 18.4 Å². The van der Waals surface area contributed by atoms with Gasteiger partial charge < -0.3 is 9.88 Å². The van der Waals surface area contributed by atoms with Crippen LogP contribution in [0.2, 0.25) is 0 Å². The van der Waals surface area contributed by atoms with Crippen molar-refractivity contribution in [2.24, 2.45) is 5.92 Å². The van der Waals surface area contributed by atoms with E-state index < -0.39 is 21.8 Å². The van der Waals surface area contributed by atoms with Crippen molar-refractivity contribution < 1.29 is 17.6 Å². The number of carbonyl (C=O) groups is 1. The van der Waals surface area contributed by atoms with E-state index in [-0.39, 0.29) is 17.3 Å². The highest BCUT2D eigenvalue weighted by Gasteiger charge is 2.33. The third-order valence-corrected chi connectivity index (χ3v) is 7.29. The molecule has 162 valence electrons. The Hall–Kier alpha value is -3.04. The number of benzene rings is 2. The molecular formula is C22H23FN4O3S. The summed E-state index contributed by atoms with van der Waals surface area (Å²) in [5.74, 6) is -1.08. The third-order valence-electron chi connectivity index (χ3n) is 5.41. The largest absolute Gasteiger partial charge is 0.352 e. The summed E-state index contributed by atoms with van der Waals surface area (Å²) in [7, 11) is -3.76. The van der Waals surface area contributed by atoms with Crippen LogP contribution in [0.15, 0.2) is 72.1 Å². The minimum Gasteiger partial charge on any atom is -0.352 e. The van der Waals surface area contributed by atoms with Gasteiger partial charge in [-0.15, -0.1) is 0 Å². The highest BCUT2D eigenvalue weighted by atomic mass is 32.2. The van der Waals surface area contributed by atoms with Gasteiger partial charge in [-0.2, -0.15) is 4.31 Å². The van der Waals surface area contributed by atoms with E-state index in [1.165, 1.54) is 16.4 Å². The van der Waals surface area contributed by atoms with Gasteiger partial charge >= 0.3 is 0 Å². The van der Waals surface area contributed by atoms with Crippen LogP contribution in [-0.2, 0) is 21.4 Å². The molecule has 1 aromatic heterocycles. The van der Waals surface area contributed by atoms with Gasteiger partial charge in [0.2, 0.25) is 15.9 Å². The van der Waals surface area contributed by atoms with Crippen molar-refractivity contribution in [2.75, 3.05) is 13.1 Å². The number of hydrogen-bond donors (Lipinski definition) is 1. The lowest BCUT2D eigenvalue weighted by atomic mass is 9.99. The number of hydrogen-bond acceptors (Lipinski definition) is 4. The first kappa shape index (κ1) is 21.2. The molecule has 1 fully saturated rings. The van der Waals surface area contributed by atoms with E-state index in [0.717, 1.165) is 23.4 Å². The minimum atomic E-state index is -3.76. The predicted molar refractivity (Wildman–Crippen MR) is 113 cm³/mol. The van der Waals surface area contributed by atoms with Gasteiger partial charge in [0.1, 0.15) is 5.82 Å². The molecule has 2 heterocycles. The number of nitrogens with one attached hydrogen (secondary N) is 1. The number of piperidine rings is 1. The average molecular weight is 443 g/mol. The van der Waals surface area contributed by atoms with E-state index in [1.807, 2.05) is 35.0 Å². The second-order valence-corrected chi connectivity index (χ2v) is 9.45. The number of carbonyl (C=O) groups excluding carboxylic acids is 1. The third kappa shape index (κ3) is 4.83. The summed E-state index contributed by atoms with van der Waals surface area (Å²) in [4.78, 5) is 16.7. The maximum atomic E-state index is 13.1. The molecule has 1 aliphatic heterocycles. The van der Waals surface area contributed by atoms with Crippen LogP contribution in [0.3, 0.4) is 0 Å². The molecule has 1 saturated heterocycles. The molecule has 0 spiro atoms. The summed E-state index contributed by atoms with van der Waals surface area (Å²) >= 11 is 0. The molecule has 0 saturated carbocycles. The SMILES string of the molecule is O=C(NCc1ccc(-n2ccnc2)cc1)[C@@H]1CCCN(S(=O)(=O)c2ccc(F)cc2)C1. The van der Waals surface area contributed by atoms with Crippen molar-refractivity contribution in [3.63, 3.8) is 0 Å². The fraction of sp³-hybridized carbons (Fsp3) is 0.273. The number of halogens is 1. The molecule has 1 atom stereocenters. The molecule has 0 radical (unpaired) electrons. The van der Waals surface area contributed by atoms with E-state index in [4.69, 9.17) is 0 Å². The zero-order chi connectivity index (χ0) is 21.8. The lowest BCUT2D eigenvalue weighted by Crippen LogP contribution is -2.45. The number of imidazole rings is 1. The van der Waals surface area contributed by atoms with E-state index in [9.17, 15) is 17.6 Å². The maximum Gasteiger partial charge on any atom is 0.243 e. The zero-order valence-electron chi connectivity index (χ0n) is 16.8. The normalized spacial score (nSPS) is 17.4. The summed E-state index contributed by atoms with van der Waals surface area (Å²) in [6, 6.07) is 12.5. The molecule has 7 nitrogen and oxygen atoms in total. The maximum absolute atomic E-state index is 13.1. The van der Waals surface area contributed by atoms with Crippen molar-refractivity contribution >= 4 is 15.9 Å². The molecule has 4 rings (SSSR count). The minimum absolute atomic E-state index is 0.0351. The second kappa shape index (κ2) is 8.99. The lowest BCUT2D eigenvalue weighted by Gasteiger charge is -2.31. The van der Waals surface area contributed by atoms with Crippen molar-refractivity contribution in [1.29, 1.82) is 0 Å². The second-order valence-electron chi connectivity index (χ2n) is 7.51. The summed E-state index contributed by atoms with van der Waals surface area (Å²) < 4.78 is 42.0. The van der Waals surface area contributed by atoms with E-state index in [0.29, 0.717) is 25.9 Å². The molecule has 0 unspecified atom stereocenters. The topological polar surface area (TPSA) is 84.3 Å². The molecule has 31 heavy (non-hydrogen) atoms. The van der Waals surface area contributed by atoms with Gasteiger partial charge in [-0.25, -0.2) is 17.8 Å². The van der Waals surface area contributed by atoms with Gasteiger partial charge in [0.15, 0.2) is 0 Å². The van der Waals surface area contributed by atoms with Crippen molar-refractivity contribution in [3.05, 3.63) is 78.6 Å². The summed E-state index contributed by atoms with van der Waals surface area (Å²) in [5, 5.41) is 2.91. The number of sulfonamides is 1. The molecular weight excluding hydrogens is 419 g/mol. The van der Waals surface area contributed by atoms with Gasteiger partial charge in [-0.05, 0) is 54.8 Å². The Morgan fingerprint density at radius 1 is 1.13 bits per heavy atom. The zero-order valence-corrected chi connectivity index (χ0v) is 17.6. The summed E-state index contributed by atoms with van der Waals surface area (Å²) in [5.41, 5.74) is 1.92. The highest BCUT2D eigenvalue weighted by Crippen LogP contribution is 2.24. The fourth-order valence-electron chi connectivity index (χ4n) is 3.66. The highest BCUT2D eigenvalue weighted by molar-refractivity contribution is 7.89. The van der Waals surface area contributed by atoms with Gasteiger partial charge in [-0.3, -0.25) is 4.79 Å². The molecule has 9 heteroatoms. The molecule has 0 aliphatic carbocycles. The average Bonchev–Trinajstić information content (AvgIpc) is 3.33. The van der Waals surface area contributed by atoms with Gasteiger partial charge in [0.05, 0.1) is 17.1 Å². The molecule has 0 bridgehead atoms. The Morgan fingerprint density at radius 3 is 2.55 bits per heavy atom. The number of nitrogens with zero attached hydrogens (tertiary/aromatic N) is 3. The first-order valence-electron chi connectivity index (χ1n) is 10.0. The Balaban J connectivity index is 1.36. The monoisotopic (exact) mass is 442 g/mol. The van der Waals surface area contributed by atoms with E-state index in [1.54, 1.807) is 12.5 Å². The van der Waals surface area contributed by atoms with Crippen LogP contribution in [0, 0.1) is 11.7 Å². The Labute approximate surface area is 180 Å². The molecule has 1 amide bonds. The first-order chi connectivity index (χ1) is 14.9. The first-order valence-corrected chi connectivity index (χ1v) is 11.5. The smallest absolute Gasteiger partial charge is 0.243 e. The summed E-state index contributed by atoms with van der Waals surface area (Å²) in [6.07, 6.45) is 6.49. The van der Waals surface area contributed by atoms with Crippen LogP contribution in [0.5, 0.6) is 0 Å². The Bertz CT molecular complexity index is 1130. The van der Waals surface area contributed by atoms with Gasteiger partial charge in [0.25, 0.3) is 0 Å². The predicted octanol–water partition coefficient (Wildman–Crippen LogP) is 2.73. The molecule has 3 aromatic rings. The molecule has 1 aliphatic rings. The van der Waals surface area contributed by atoms with Crippen LogP contribution < -0.4 is 5.32 Å². The summed E-state index contributed by atoms with van der Waals surface area (Å²) in [6.45, 7) is 0.828. The fourth-order valence-corrected chi connectivity index (χ4v) is 5.19. The van der Waals surface area contributed by atoms with Crippen LogP contribution in [-0.4, -0.2) is 41.3 Å². The van der Waals surface area contributed by atoms with E-state index in [2.05, 4.69) is 10.3 Å². The van der Waals surface area contributed by atoms with Gasteiger partial charge in [-0.1, -0.05) is 12.1 Å². The lowest BCUT2D eigenvalue weighted by molar-refractivity contribution is -0.126. The van der Waals surface area contributed by atoms with Crippen molar-refractivity contribution in [3.8, 4) is 5.69 Å².